The fourth-order valence-electron chi connectivity index (χ4n) is 2.85. The second-order valence-corrected chi connectivity index (χ2v) is 6.26. The number of nitrogen functional groups attached to an aromatic ring is 1. The number of ketones is 1. The maximum atomic E-state index is 11.5. The zero-order valence-corrected chi connectivity index (χ0v) is 15.0. The summed E-state index contributed by atoms with van der Waals surface area (Å²) in [5.41, 5.74) is 10.6. The van der Waals surface area contributed by atoms with Gasteiger partial charge in [-0.15, -0.1) is 5.10 Å². The van der Waals surface area contributed by atoms with Gasteiger partial charge in [0.15, 0.2) is 23.1 Å². The number of fused-ring (bicyclic) bond motifs is 1. The lowest BCUT2D eigenvalue weighted by atomic mass is 10.1. The number of carbonyl (C=O) groups excluding carboxylic acids is 1. The van der Waals surface area contributed by atoms with Crippen LogP contribution in [0, 0.1) is 6.92 Å². The molecule has 0 bridgehead atoms. The highest BCUT2D eigenvalue weighted by Gasteiger charge is 2.13. The van der Waals surface area contributed by atoms with E-state index in [1.165, 1.54) is 0 Å². The first-order chi connectivity index (χ1) is 13.0. The van der Waals surface area contributed by atoms with Gasteiger partial charge in [-0.3, -0.25) is 4.79 Å². The summed E-state index contributed by atoms with van der Waals surface area (Å²) in [7, 11) is 0. The minimum atomic E-state index is 0.0265. The summed E-state index contributed by atoms with van der Waals surface area (Å²) < 4.78 is 1.68. The Labute approximate surface area is 155 Å². The SMILES string of the molecule is CC(=O)c1ccc(Nc2nc(-c3cccc(N)c3C)nn3ccnc23)cc1. The fraction of sp³-hybridized carbons (Fsp3) is 0.100. The lowest BCUT2D eigenvalue weighted by Crippen LogP contribution is -2.05. The maximum Gasteiger partial charge on any atom is 0.197 e. The number of nitrogens with one attached hydrogen (secondary N) is 1. The van der Waals surface area contributed by atoms with Gasteiger partial charge in [-0.05, 0) is 49.7 Å². The highest BCUT2D eigenvalue weighted by molar-refractivity contribution is 5.94. The third-order valence-electron chi connectivity index (χ3n) is 4.42. The standard InChI is InChI=1S/C20H18N6O/c1-12-16(4-3-5-17(12)21)18-24-19(20-22-10-11-26(20)25-18)23-15-8-6-14(7-9-15)13(2)27/h3-11H,21H2,1-2H3,(H,23,24,25). The summed E-state index contributed by atoms with van der Waals surface area (Å²) in [6, 6.07) is 12.9. The van der Waals surface area contributed by atoms with E-state index in [4.69, 9.17) is 5.73 Å². The molecule has 0 aliphatic carbocycles. The Hall–Kier alpha value is -3.74. The smallest absolute Gasteiger partial charge is 0.197 e. The summed E-state index contributed by atoms with van der Waals surface area (Å²) in [5, 5.41) is 7.82. The monoisotopic (exact) mass is 358 g/mol. The van der Waals surface area contributed by atoms with Crippen LogP contribution < -0.4 is 11.1 Å². The topological polar surface area (TPSA) is 98.2 Å². The Kier molecular flexibility index (Phi) is 4.04. The van der Waals surface area contributed by atoms with E-state index in [9.17, 15) is 4.79 Å². The summed E-state index contributed by atoms with van der Waals surface area (Å²) in [5.74, 6) is 1.15. The normalized spacial score (nSPS) is 10.9. The summed E-state index contributed by atoms with van der Waals surface area (Å²) in [6.45, 7) is 3.49. The first-order valence-corrected chi connectivity index (χ1v) is 8.48. The molecular weight excluding hydrogens is 340 g/mol. The Balaban J connectivity index is 1.79. The van der Waals surface area contributed by atoms with E-state index in [-0.39, 0.29) is 5.78 Å². The van der Waals surface area contributed by atoms with Crippen LogP contribution in [-0.4, -0.2) is 25.4 Å². The number of nitrogens with zero attached hydrogens (tertiary/aromatic N) is 4. The molecule has 0 amide bonds. The first kappa shape index (κ1) is 16.7. The molecule has 0 atom stereocenters. The summed E-state index contributed by atoms with van der Waals surface area (Å²) in [6.07, 6.45) is 3.44. The van der Waals surface area contributed by atoms with E-state index in [2.05, 4.69) is 20.4 Å². The third kappa shape index (κ3) is 3.10. The Bertz CT molecular complexity index is 1150. The van der Waals surface area contributed by atoms with Gasteiger partial charge in [0.05, 0.1) is 0 Å². The van der Waals surface area contributed by atoms with Crippen LogP contribution in [0.25, 0.3) is 17.0 Å². The molecule has 0 aliphatic rings. The van der Waals surface area contributed by atoms with Gasteiger partial charge in [0.2, 0.25) is 0 Å². The zero-order valence-electron chi connectivity index (χ0n) is 15.0. The van der Waals surface area contributed by atoms with Gasteiger partial charge in [0, 0.05) is 34.9 Å². The molecule has 2 heterocycles. The molecule has 4 rings (SSSR count). The van der Waals surface area contributed by atoms with Gasteiger partial charge in [-0.1, -0.05) is 12.1 Å². The van der Waals surface area contributed by atoms with E-state index in [0.717, 1.165) is 16.8 Å². The predicted molar refractivity (Wildman–Crippen MR) is 105 cm³/mol. The summed E-state index contributed by atoms with van der Waals surface area (Å²) in [4.78, 5) is 20.5. The molecule has 3 N–H and O–H groups in total. The minimum absolute atomic E-state index is 0.0265. The van der Waals surface area contributed by atoms with E-state index in [1.54, 1.807) is 36.0 Å². The molecule has 134 valence electrons. The number of hydrogen-bond donors (Lipinski definition) is 2. The maximum absolute atomic E-state index is 11.5. The molecule has 7 nitrogen and oxygen atoms in total. The summed E-state index contributed by atoms with van der Waals surface area (Å²) >= 11 is 0. The number of imidazole rings is 1. The van der Waals surface area contributed by atoms with Crippen LogP contribution in [0.3, 0.4) is 0 Å². The van der Waals surface area contributed by atoms with Crippen molar-refractivity contribution in [2.24, 2.45) is 0 Å². The van der Waals surface area contributed by atoms with E-state index in [1.807, 2.05) is 37.3 Å². The zero-order chi connectivity index (χ0) is 19.0. The number of Topliss-reactive ketones (excluding diaryl/α,β-unsaturated/α-hetero) is 1. The average Bonchev–Trinajstić information content (AvgIpc) is 3.13. The van der Waals surface area contributed by atoms with E-state index < -0.39 is 0 Å². The molecule has 0 aliphatic heterocycles. The van der Waals surface area contributed by atoms with Crippen molar-refractivity contribution in [3.63, 3.8) is 0 Å². The van der Waals surface area contributed by atoms with Crippen molar-refractivity contribution in [3.8, 4) is 11.4 Å². The van der Waals surface area contributed by atoms with Crippen molar-refractivity contribution < 1.29 is 4.79 Å². The van der Waals surface area contributed by atoms with Crippen molar-refractivity contribution in [2.75, 3.05) is 11.1 Å². The Morgan fingerprint density at radius 2 is 1.93 bits per heavy atom. The lowest BCUT2D eigenvalue weighted by Gasteiger charge is -2.11. The first-order valence-electron chi connectivity index (χ1n) is 8.48. The van der Waals surface area contributed by atoms with Gasteiger partial charge >= 0.3 is 0 Å². The minimum Gasteiger partial charge on any atom is -0.398 e. The number of benzene rings is 2. The van der Waals surface area contributed by atoms with Gasteiger partial charge < -0.3 is 11.1 Å². The molecule has 4 aromatic rings. The van der Waals surface area contributed by atoms with E-state index in [0.29, 0.717) is 28.5 Å². The number of carbonyl (C=O) groups is 1. The van der Waals surface area contributed by atoms with Crippen LogP contribution in [0.2, 0.25) is 0 Å². The quantitative estimate of drug-likeness (QED) is 0.427. The molecular formula is C20H18N6O. The molecule has 0 saturated heterocycles. The Morgan fingerprint density at radius 1 is 1.15 bits per heavy atom. The molecule has 7 heteroatoms. The Morgan fingerprint density at radius 3 is 2.67 bits per heavy atom. The van der Waals surface area contributed by atoms with Crippen molar-refractivity contribution in [1.82, 2.24) is 19.6 Å². The van der Waals surface area contributed by atoms with Crippen molar-refractivity contribution in [2.45, 2.75) is 13.8 Å². The number of aromatic nitrogens is 4. The second kappa shape index (κ2) is 6.53. The lowest BCUT2D eigenvalue weighted by molar-refractivity contribution is 0.101. The number of hydrogen-bond acceptors (Lipinski definition) is 6. The molecule has 2 aromatic carbocycles. The van der Waals surface area contributed by atoms with Gasteiger partial charge in [-0.25, -0.2) is 14.5 Å². The molecule has 27 heavy (non-hydrogen) atoms. The third-order valence-corrected chi connectivity index (χ3v) is 4.42. The largest absolute Gasteiger partial charge is 0.398 e. The van der Waals surface area contributed by atoms with Crippen LogP contribution in [0.5, 0.6) is 0 Å². The van der Waals surface area contributed by atoms with Crippen LogP contribution >= 0.6 is 0 Å². The second-order valence-electron chi connectivity index (χ2n) is 6.26. The average molecular weight is 358 g/mol. The number of rotatable bonds is 4. The van der Waals surface area contributed by atoms with Crippen molar-refractivity contribution in [1.29, 1.82) is 0 Å². The molecule has 0 radical (unpaired) electrons. The number of nitrogens with two attached hydrogens (primary N) is 1. The molecule has 0 fully saturated rings. The number of anilines is 3. The van der Waals surface area contributed by atoms with Crippen LogP contribution in [0.1, 0.15) is 22.8 Å². The highest BCUT2D eigenvalue weighted by Crippen LogP contribution is 2.27. The molecule has 0 unspecified atom stereocenters. The fourth-order valence-corrected chi connectivity index (χ4v) is 2.85. The van der Waals surface area contributed by atoms with E-state index >= 15 is 0 Å². The molecule has 0 spiro atoms. The van der Waals surface area contributed by atoms with Crippen molar-refractivity contribution >= 4 is 28.6 Å². The molecule has 2 aromatic heterocycles. The molecule has 0 saturated carbocycles. The van der Waals surface area contributed by atoms with Gasteiger partial charge in [0.1, 0.15) is 0 Å². The predicted octanol–water partition coefficient (Wildman–Crippen LogP) is 3.63. The van der Waals surface area contributed by atoms with Crippen LogP contribution in [0.4, 0.5) is 17.2 Å². The van der Waals surface area contributed by atoms with Crippen LogP contribution in [0.15, 0.2) is 54.9 Å². The highest BCUT2D eigenvalue weighted by atomic mass is 16.1. The van der Waals surface area contributed by atoms with Crippen molar-refractivity contribution in [3.05, 3.63) is 66.0 Å². The van der Waals surface area contributed by atoms with Gasteiger partial charge in [-0.2, -0.15) is 0 Å². The van der Waals surface area contributed by atoms with Gasteiger partial charge in [0.25, 0.3) is 0 Å². The van der Waals surface area contributed by atoms with Crippen LogP contribution in [-0.2, 0) is 0 Å².